The molecule has 5 heteroatoms. The lowest BCUT2D eigenvalue weighted by Gasteiger charge is -2.23. The van der Waals surface area contributed by atoms with Crippen molar-refractivity contribution in [2.45, 2.75) is 6.04 Å². The van der Waals surface area contributed by atoms with Gasteiger partial charge in [-0.3, -0.25) is 4.79 Å². The summed E-state index contributed by atoms with van der Waals surface area (Å²) in [5.41, 5.74) is 0. The summed E-state index contributed by atoms with van der Waals surface area (Å²) in [7, 11) is 0. The Balaban J connectivity index is 2.20. The number of hydrogen-bond acceptors (Lipinski definition) is 4. The first kappa shape index (κ1) is 9.44. The number of aliphatic hydroxyl groups excluding tert-OH is 1. The fourth-order valence-electron chi connectivity index (χ4n) is 1.14. The largest absolute Gasteiger partial charge is 0.395 e. The molecular weight excluding hydrogens is 158 g/mol. The van der Waals surface area contributed by atoms with Crippen LogP contribution in [0.1, 0.15) is 0 Å². The maximum absolute atomic E-state index is 11.2. The smallest absolute Gasteiger partial charge is 0.238 e. The van der Waals surface area contributed by atoms with Gasteiger partial charge in [0.2, 0.25) is 5.91 Å². The molecule has 1 saturated heterocycles. The number of piperazine rings is 1. The lowest BCUT2D eigenvalue weighted by molar-refractivity contribution is -0.123. The third kappa shape index (κ3) is 2.77. The van der Waals surface area contributed by atoms with E-state index in [1.807, 2.05) is 0 Å². The molecule has 1 rings (SSSR count). The van der Waals surface area contributed by atoms with Gasteiger partial charge in [-0.1, -0.05) is 0 Å². The summed E-state index contributed by atoms with van der Waals surface area (Å²) in [4.78, 5) is 11.2. The minimum absolute atomic E-state index is 0.00805. The van der Waals surface area contributed by atoms with Crippen molar-refractivity contribution in [3.63, 3.8) is 0 Å². The van der Waals surface area contributed by atoms with Crippen LogP contribution in [0.2, 0.25) is 0 Å². The van der Waals surface area contributed by atoms with Gasteiger partial charge in [-0.15, -0.1) is 0 Å². The number of aliphatic hydroxyl groups is 1. The van der Waals surface area contributed by atoms with Gasteiger partial charge in [-0.05, 0) is 0 Å². The van der Waals surface area contributed by atoms with Crippen molar-refractivity contribution >= 4 is 5.91 Å². The van der Waals surface area contributed by atoms with E-state index in [-0.39, 0.29) is 18.6 Å². The van der Waals surface area contributed by atoms with Crippen LogP contribution in [-0.4, -0.2) is 49.8 Å². The van der Waals surface area contributed by atoms with Gasteiger partial charge in [0.05, 0.1) is 12.6 Å². The van der Waals surface area contributed by atoms with Crippen molar-refractivity contribution in [2.24, 2.45) is 0 Å². The summed E-state index contributed by atoms with van der Waals surface area (Å²) in [6.45, 7) is 2.71. The lowest BCUT2D eigenvalue weighted by atomic mass is 10.2. The van der Waals surface area contributed by atoms with Crippen LogP contribution in [0.4, 0.5) is 0 Å². The average Bonchev–Trinajstić information content (AvgIpc) is 2.15. The predicted molar refractivity (Wildman–Crippen MR) is 44.8 cm³/mol. The normalized spacial score (nSPS) is 23.6. The molecular formula is C7H15N3O2. The Labute approximate surface area is 71.5 Å². The standard InChI is InChI=1S/C7H15N3O2/c11-4-3-10-7(12)6-5-8-1-2-9-6/h6,8-9,11H,1-5H2,(H,10,12)/t6-/m1/s1. The number of hydrogen-bond donors (Lipinski definition) is 4. The number of carbonyl (C=O) groups excluding carboxylic acids is 1. The first-order valence-corrected chi connectivity index (χ1v) is 4.17. The fourth-order valence-corrected chi connectivity index (χ4v) is 1.14. The summed E-state index contributed by atoms with van der Waals surface area (Å²) in [6.07, 6.45) is 0. The van der Waals surface area contributed by atoms with Gasteiger partial charge in [-0.25, -0.2) is 0 Å². The molecule has 70 valence electrons. The van der Waals surface area contributed by atoms with Crippen LogP contribution in [0, 0.1) is 0 Å². The van der Waals surface area contributed by atoms with Crippen molar-refractivity contribution in [3.05, 3.63) is 0 Å². The Morgan fingerprint density at radius 1 is 1.58 bits per heavy atom. The second kappa shape index (κ2) is 5.08. The summed E-state index contributed by atoms with van der Waals surface area (Å²) >= 11 is 0. The highest BCUT2D eigenvalue weighted by Crippen LogP contribution is 1.86. The number of amides is 1. The van der Waals surface area contributed by atoms with Crippen molar-refractivity contribution < 1.29 is 9.90 Å². The van der Waals surface area contributed by atoms with E-state index in [1.54, 1.807) is 0 Å². The zero-order valence-electron chi connectivity index (χ0n) is 6.97. The van der Waals surface area contributed by atoms with E-state index in [9.17, 15) is 4.79 Å². The van der Waals surface area contributed by atoms with Gasteiger partial charge in [0.1, 0.15) is 0 Å². The quantitative estimate of drug-likeness (QED) is 0.386. The molecule has 1 aliphatic rings. The summed E-state index contributed by atoms with van der Waals surface area (Å²) in [6, 6.07) is -0.148. The molecule has 1 aliphatic heterocycles. The Hall–Kier alpha value is -0.650. The maximum atomic E-state index is 11.2. The molecule has 1 fully saturated rings. The summed E-state index contributed by atoms with van der Waals surface area (Å²) < 4.78 is 0. The SMILES string of the molecule is O=C(NCCO)[C@H]1CNCCN1. The van der Waals surface area contributed by atoms with E-state index in [1.165, 1.54) is 0 Å². The highest BCUT2D eigenvalue weighted by atomic mass is 16.3. The molecule has 0 saturated carbocycles. The van der Waals surface area contributed by atoms with Crippen molar-refractivity contribution in [3.8, 4) is 0 Å². The Kier molecular flexibility index (Phi) is 3.99. The van der Waals surface area contributed by atoms with E-state index in [0.717, 1.165) is 13.1 Å². The number of nitrogens with one attached hydrogen (secondary N) is 3. The first-order valence-electron chi connectivity index (χ1n) is 4.17. The third-order valence-corrected chi connectivity index (χ3v) is 1.77. The van der Waals surface area contributed by atoms with Crippen LogP contribution in [0.25, 0.3) is 0 Å². The van der Waals surface area contributed by atoms with E-state index in [2.05, 4.69) is 16.0 Å². The molecule has 1 heterocycles. The summed E-state index contributed by atoms with van der Waals surface area (Å²) in [5.74, 6) is -0.0451. The highest BCUT2D eigenvalue weighted by molar-refractivity contribution is 5.82. The van der Waals surface area contributed by atoms with Crippen molar-refractivity contribution in [1.82, 2.24) is 16.0 Å². The third-order valence-electron chi connectivity index (χ3n) is 1.77. The molecule has 0 spiro atoms. The molecule has 0 radical (unpaired) electrons. The Bertz CT molecular complexity index is 146. The van der Waals surface area contributed by atoms with Gasteiger partial charge >= 0.3 is 0 Å². The van der Waals surface area contributed by atoms with Gasteiger partial charge in [-0.2, -0.15) is 0 Å². The van der Waals surface area contributed by atoms with Crippen molar-refractivity contribution in [2.75, 3.05) is 32.8 Å². The van der Waals surface area contributed by atoms with Gasteiger partial charge in [0.25, 0.3) is 0 Å². The van der Waals surface area contributed by atoms with E-state index < -0.39 is 0 Å². The minimum atomic E-state index is -0.148. The molecule has 4 N–H and O–H groups in total. The minimum Gasteiger partial charge on any atom is -0.395 e. The maximum Gasteiger partial charge on any atom is 0.238 e. The monoisotopic (exact) mass is 173 g/mol. The van der Waals surface area contributed by atoms with Crippen LogP contribution in [0.15, 0.2) is 0 Å². The van der Waals surface area contributed by atoms with Crippen molar-refractivity contribution in [1.29, 1.82) is 0 Å². The second-order valence-corrected chi connectivity index (χ2v) is 2.73. The van der Waals surface area contributed by atoms with Gasteiger partial charge in [0, 0.05) is 26.2 Å². The van der Waals surface area contributed by atoms with Gasteiger partial charge < -0.3 is 21.1 Å². The van der Waals surface area contributed by atoms with Crippen LogP contribution < -0.4 is 16.0 Å². The number of carbonyl (C=O) groups is 1. The fraction of sp³-hybridized carbons (Fsp3) is 0.857. The van der Waals surface area contributed by atoms with Crippen LogP contribution in [-0.2, 0) is 4.79 Å². The highest BCUT2D eigenvalue weighted by Gasteiger charge is 2.18. The van der Waals surface area contributed by atoms with Gasteiger partial charge in [0.15, 0.2) is 0 Å². The topological polar surface area (TPSA) is 73.4 Å². The molecule has 12 heavy (non-hydrogen) atoms. The molecule has 0 aromatic heterocycles. The number of rotatable bonds is 3. The molecule has 1 amide bonds. The van der Waals surface area contributed by atoms with E-state index >= 15 is 0 Å². The average molecular weight is 173 g/mol. The second-order valence-electron chi connectivity index (χ2n) is 2.73. The molecule has 0 aromatic carbocycles. The van der Waals surface area contributed by atoms with E-state index in [4.69, 9.17) is 5.11 Å². The molecule has 0 unspecified atom stereocenters. The summed E-state index contributed by atoms with van der Waals surface area (Å²) in [5, 5.41) is 17.3. The zero-order valence-corrected chi connectivity index (χ0v) is 6.97. The lowest BCUT2D eigenvalue weighted by Crippen LogP contribution is -2.55. The Morgan fingerprint density at radius 2 is 2.42 bits per heavy atom. The molecule has 0 aromatic rings. The van der Waals surface area contributed by atoms with E-state index in [0.29, 0.717) is 13.1 Å². The molecule has 5 nitrogen and oxygen atoms in total. The molecule has 1 atom stereocenters. The first-order chi connectivity index (χ1) is 5.84. The zero-order chi connectivity index (χ0) is 8.81. The van der Waals surface area contributed by atoms with Crippen LogP contribution in [0.3, 0.4) is 0 Å². The van der Waals surface area contributed by atoms with Crippen LogP contribution >= 0.6 is 0 Å². The van der Waals surface area contributed by atoms with Crippen LogP contribution in [0.5, 0.6) is 0 Å². The molecule has 0 aliphatic carbocycles. The predicted octanol–water partition coefficient (Wildman–Crippen LogP) is -2.34. The Morgan fingerprint density at radius 3 is 3.00 bits per heavy atom. The molecule has 0 bridgehead atoms.